The fourth-order valence-corrected chi connectivity index (χ4v) is 2.09. The zero-order valence-electron chi connectivity index (χ0n) is 11.0. The lowest BCUT2D eigenvalue weighted by Crippen LogP contribution is -2.33. The lowest BCUT2D eigenvalue weighted by Gasteiger charge is -2.23. The van der Waals surface area contributed by atoms with Crippen molar-refractivity contribution in [1.29, 1.82) is 0 Å². The minimum atomic E-state index is 0.297. The van der Waals surface area contributed by atoms with Gasteiger partial charge in [0.05, 0.1) is 26.0 Å². The van der Waals surface area contributed by atoms with Crippen LogP contribution >= 0.6 is 11.6 Å². The summed E-state index contributed by atoms with van der Waals surface area (Å²) in [4.78, 5) is 8.05. The molecule has 106 valence electrons. The standard InChI is InChI=1S/C12H19ClN4O2/c1-18-12-16-8-10(13)11(17-12)15-6-7-19-9-2-4-14-5-3-9/h8-9,14H,2-7H2,1H3,(H,15,16,17). The Morgan fingerprint density at radius 2 is 2.26 bits per heavy atom. The van der Waals surface area contributed by atoms with Crippen LogP contribution in [-0.2, 0) is 4.74 Å². The third kappa shape index (κ3) is 4.49. The Hall–Kier alpha value is -1.11. The van der Waals surface area contributed by atoms with Crippen LogP contribution in [-0.4, -0.2) is 49.4 Å². The summed E-state index contributed by atoms with van der Waals surface area (Å²) in [5, 5.41) is 6.91. The molecule has 1 aromatic rings. The number of aromatic nitrogens is 2. The maximum atomic E-state index is 5.99. The van der Waals surface area contributed by atoms with Gasteiger partial charge in [-0.3, -0.25) is 0 Å². The van der Waals surface area contributed by atoms with E-state index in [9.17, 15) is 0 Å². The van der Waals surface area contributed by atoms with E-state index in [1.54, 1.807) is 0 Å². The van der Waals surface area contributed by atoms with Crippen LogP contribution in [0.5, 0.6) is 6.01 Å². The normalized spacial score (nSPS) is 16.3. The van der Waals surface area contributed by atoms with Gasteiger partial charge in [-0.05, 0) is 25.9 Å². The molecule has 1 aliphatic rings. The molecule has 1 aliphatic heterocycles. The maximum Gasteiger partial charge on any atom is 0.318 e. The summed E-state index contributed by atoms with van der Waals surface area (Å²) in [6.07, 6.45) is 4.02. The highest BCUT2D eigenvalue weighted by atomic mass is 35.5. The number of nitrogens with zero attached hydrogens (tertiary/aromatic N) is 2. The molecule has 1 fully saturated rings. The van der Waals surface area contributed by atoms with Crippen molar-refractivity contribution in [1.82, 2.24) is 15.3 Å². The third-order valence-corrected chi connectivity index (χ3v) is 3.22. The number of methoxy groups -OCH3 is 1. The van der Waals surface area contributed by atoms with Crippen LogP contribution in [0.25, 0.3) is 0 Å². The molecule has 1 aromatic heterocycles. The molecule has 2 rings (SSSR count). The first kappa shape index (κ1) is 14.3. The Morgan fingerprint density at radius 3 is 3.00 bits per heavy atom. The van der Waals surface area contributed by atoms with Gasteiger partial charge >= 0.3 is 6.01 Å². The van der Waals surface area contributed by atoms with E-state index in [1.807, 2.05) is 0 Å². The van der Waals surface area contributed by atoms with E-state index in [0.717, 1.165) is 25.9 Å². The number of hydrogen-bond donors (Lipinski definition) is 2. The molecule has 1 saturated heterocycles. The number of hydrogen-bond acceptors (Lipinski definition) is 6. The largest absolute Gasteiger partial charge is 0.467 e. The molecule has 2 heterocycles. The number of rotatable bonds is 6. The molecule has 0 spiro atoms. The molecule has 7 heteroatoms. The third-order valence-electron chi connectivity index (χ3n) is 2.94. The van der Waals surface area contributed by atoms with Crippen LogP contribution in [0.1, 0.15) is 12.8 Å². The van der Waals surface area contributed by atoms with Gasteiger partial charge in [0.15, 0.2) is 5.82 Å². The van der Waals surface area contributed by atoms with E-state index in [4.69, 9.17) is 21.1 Å². The highest BCUT2D eigenvalue weighted by molar-refractivity contribution is 6.32. The van der Waals surface area contributed by atoms with Crippen LogP contribution in [0, 0.1) is 0 Å². The molecule has 0 unspecified atom stereocenters. The van der Waals surface area contributed by atoms with E-state index in [-0.39, 0.29) is 0 Å². The summed E-state index contributed by atoms with van der Waals surface area (Å²) in [5.74, 6) is 0.572. The van der Waals surface area contributed by atoms with Crippen molar-refractivity contribution in [2.45, 2.75) is 18.9 Å². The van der Waals surface area contributed by atoms with Crippen molar-refractivity contribution in [3.63, 3.8) is 0 Å². The SMILES string of the molecule is COc1ncc(Cl)c(NCCOC2CCNCC2)n1. The molecule has 0 aromatic carbocycles. The maximum absolute atomic E-state index is 5.99. The Kier molecular flexibility index (Phi) is 5.62. The average Bonchev–Trinajstić information content (AvgIpc) is 2.46. The van der Waals surface area contributed by atoms with Gasteiger partial charge in [0.1, 0.15) is 5.02 Å². The zero-order valence-corrected chi connectivity index (χ0v) is 11.7. The lowest BCUT2D eigenvalue weighted by molar-refractivity contribution is 0.0394. The van der Waals surface area contributed by atoms with Crippen LogP contribution in [0.15, 0.2) is 6.20 Å². The Bertz CT molecular complexity index is 399. The van der Waals surface area contributed by atoms with Crippen LogP contribution in [0.4, 0.5) is 5.82 Å². The monoisotopic (exact) mass is 286 g/mol. The fraction of sp³-hybridized carbons (Fsp3) is 0.667. The van der Waals surface area contributed by atoms with E-state index in [1.165, 1.54) is 13.3 Å². The van der Waals surface area contributed by atoms with Gasteiger partial charge in [-0.25, -0.2) is 4.98 Å². The quantitative estimate of drug-likeness (QED) is 0.769. The summed E-state index contributed by atoms with van der Waals surface area (Å²) in [6.45, 7) is 3.36. The summed E-state index contributed by atoms with van der Waals surface area (Å²) >= 11 is 5.99. The first-order valence-electron chi connectivity index (χ1n) is 6.42. The molecule has 19 heavy (non-hydrogen) atoms. The Labute approximate surface area is 117 Å². The summed E-state index contributed by atoms with van der Waals surface area (Å²) < 4.78 is 10.7. The molecule has 0 saturated carbocycles. The van der Waals surface area contributed by atoms with Gasteiger partial charge in [-0.2, -0.15) is 4.98 Å². The van der Waals surface area contributed by atoms with Crippen molar-refractivity contribution in [3.8, 4) is 6.01 Å². The van der Waals surface area contributed by atoms with E-state index >= 15 is 0 Å². The topological polar surface area (TPSA) is 68.3 Å². The number of ether oxygens (including phenoxy) is 2. The van der Waals surface area contributed by atoms with Gasteiger partial charge in [0, 0.05) is 6.54 Å². The van der Waals surface area contributed by atoms with Crippen molar-refractivity contribution >= 4 is 17.4 Å². The van der Waals surface area contributed by atoms with E-state index in [0.29, 0.717) is 36.1 Å². The predicted molar refractivity (Wildman–Crippen MR) is 73.9 cm³/mol. The molecular formula is C12H19ClN4O2. The van der Waals surface area contributed by atoms with Crippen LogP contribution in [0.3, 0.4) is 0 Å². The molecule has 0 atom stereocenters. The van der Waals surface area contributed by atoms with E-state index < -0.39 is 0 Å². The van der Waals surface area contributed by atoms with Crippen molar-refractivity contribution in [3.05, 3.63) is 11.2 Å². The molecule has 2 N–H and O–H groups in total. The molecule has 0 radical (unpaired) electrons. The summed E-state index contributed by atoms with van der Waals surface area (Å²) in [7, 11) is 1.52. The number of anilines is 1. The number of nitrogens with one attached hydrogen (secondary N) is 2. The Morgan fingerprint density at radius 1 is 1.47 bits per heavy atom. The minimum absolute atomic E-state index is 0.297. The van der Waals surface area contributed by atoms with Crippen LogP contribution < -0.4 is 15.4 Å². The first-order chi connectivity index (χ1) is 9.29. The second-order valence-corrected chi connectivity index (χ2v) is 4.71. The number of piperidine rings is 1. The van der Waals surface area contributed by atoms with Crippen molar-refractivity contribution in [2.24, 2.45) is 0 Å². The molecule has 0 bridgehead atoms. The number of halogens is 1. The smallest absolute Gasteiger partial charge is 0.318 e. The van der Waals surface area contributed by atoms with Gasteiger partial charge in [-0.1, -0.05) is 11.6 Å². The predicted octanol–water partition coefficient (Wildman–Crippen LogP) is 1.32. The van der Waals surface area contributed by atoms with Gasteiger partial charge in [-0.15, -0.1) is 0 Å². The molecular weight excluding hydrogens is 268 g/mol. The van der Waals surface area contributed by atoms with Gasteiger partial charge in [0.2, 0.25) is 0 Å². The van der Waals surface area contributed by atoms with Gasteiger partial charge in [0.25, 0.3) is 0 Å². The zero-order chi connectivity index (χ0) is 13.5. The average molecular weight is 287 g/mol. The first-order valence-corrected chi connectivity index (χ1v) is 6.80. The van der Waals surface area contributed by atoms with Crippen LogP contribution in [0.2, 0.25) is 5.02 Å². The van der Waals surface area contributed by atoms with E-state index in [2.05, 4.69) is 20.6 Å². The molecule has 6 nitrogen and oxygen atoms in total. The van der Waals surface area contributed by atoms with Crippen molar-refractivity contribution < 1.29 is 9.47 Å². The van der Waals surface area contributed by atoms with Crippen molar-refractivity contribution in [2.75, 3.05) is 38.7 Å². The minimum Gasteiger partial charge on any atom is -0.467 e. The highest BCUT2D eigenvalue weighted by Gasteiger charge is 2.12. The molecule has 0 amide bonds. The Balaban J connectivity index is 1.72. The second-order valence-electron chi connectivity index (χ2n) is 4.30. The second kappa shape index (κ2) is 7.47. The summed E-state index contributed by atoms with van der Waals surface area (Å²) in [5.41, 5.74) is 0. The lowest BCUT2D eigenvalue weighted by atomic mass is 10.1. The fourth-order valence-electron chi connectivity index (χ4n) is 1.93. The highest BCUT2D eigenvalue weighted by Crippen LogP contribution is 2.19. The summed E-state index contributed by atoms with van der Waals surface area (Å²) in [6, 6.07) is 0.297. The molecule has 0 aliphatic carbocycles. The van der Waals surface area contributed by atoms with Gasteiger partial charge < -0.3 is 20.1 Å².